The van der Waals surface area contributed by atoms with E-state index in [0.29, 0.717) is 6.61 Å². The summed E-state index contributed by atoms with van der Waals surface area (Å²) in [6.07, 6.45) is 1.93. The molecule has 1 heterocycles. The quantitative estimate of drug-likeness (QED) is 0.868. The Balaban J connectivity index is 1.90. The molecular weight excluding hydrogens is 268 g/mol. The van der Waals surface area contributed by atoms with Gasteiger partial charge in [0.05, 0.1) is 12.6 Å². The highest BCUT2D eigenvalue weighted by Gasteiger charge is 2.26. The van der Waals surface area contributed by atoms with Crippen molar-refractivity contribution < 1.29 is 14.3 Å². The average Bonchev–Trinajstić information content (AvgIpc) is 2.49. The predicted molar refractivity (Wildman–Crippen MR) is 81.5 cm³/mol. The van der Waals surface area contributed by atoms with Gasteiger partial charge in [-0.3, -0.25) is 9.69 Å². The molecule has 1 fully saturated rings. The number of hydrogen-bond acceptors (Lipinski definition) is 4. The van der Waals surface area contributed by atoms with E-state index in [0.717, 1.165) is 37.4 Å². The first-order valence-electron chi connectivity index (χ1n) is 7.53. The topological polar surface area (TPSA) is 64.8 Å². The van der Waals surface area contributed by atoms with Gasteiger partial charge in [0.15, 0.2) is 11.5 Å². The maximum absolute atomic E-state index is 11.2. The molecule has 1 saturated heterocycles. The lowest BCUT2D eigenvalue weighted by molar-refractivity contribution is -0.123. The fraction of sp³-hybridized carbons (Fsp3) is 0.562. The first-order chi connectivity index (χ1) is 10.1. The molecule has 1 aromatic carbocycles. The number of likely N-dealkylation sites (tertiary alicyclic amines) is 1. The Morgan fingerprint density at radius 2 is 1.95 bits per heavy atom. The van der Waals surface area contributed by atoms with E-state index in [1.807, 2.05) is 38.1 Å². The summed E-state index contributed by atoms with van der Waals surface area (Å²) in [5.74, 6) is 1.31. The molecule has 0 spiro atoms. The van der Waals surface area contributed by atoms with Crippen LogP contribution in [0.2, 0.25) is 0 Å². The molecule has 5 nitrogen and oxygen atoms in total. The van der Waals surface area contributed by atoms with E-state index >= 15 is 0 Å². The molecule has 2 rings (SSSR count). The first-order valence-corrected chi connectivity index (χ1v) is 7.53. The standard InChI is InChI=1S/C16H24N2O3/c1-3-20-14-6-4-5-7-15(14)21-13-8-10-18(11-9-13)12(2)16(17)19/h4-7,12-13H,3,8-11H2,1-2H3,(H2,17,19)/t12-/m0/s1. The van der Waals surface area contributed by atoms with E-state index in [9.17, 15) is 4.79 Å². The van der Waals surface area contributed by atoms with Crippen LogP contribution in [0, 0.1) is 0 Å². The first kappa shape index (κ1) is 15.6. The van der Waals surface area contributed by atoms with Crippen molar-refractivity contribution in [3.8, 4) is 11.5 Å². The van der Waals surface area contributed by atoms with Crippen LogP contribution in [0.3, 0.4) is 0 Å². The Hall–Kier alpha value is -1.75. The molecule has 1 aromatic rings. The molecule has 0 unspecified atom stereocenters. The second-order valence-corrected chi connectivity index (χ2v) is 5.31. The molecule has 1 aliphatic heterocycles. The van der Waals surface area contributed by atoms with E-state index in [2.05, 4.69) is 4.90 Å². The van der Waals surface area contributed by atoms with Gasteiger partial charge in [-0.05, 0) is 38.8 Å². The molecule has 2 N–H and O–H groups in total. The van der Waals surface area contributed by atoms with Gasteiger partial charge in [-0.25, -0.2) is 0 Å². The van der Waals surface area contributed by atoms with Gasteiger partial charge in [0, 0.05) is 13.1 Å². The summed E-state index contributed by atoms with van der Waals surface area (Å²) in [5.41, 5.74) is 5.35. The van der Waals surface area contributed by atoms with Crippen molar-refractivity contribution in [1.82, 2.24) is 4.90 Å². The Morgan fingerprint density at radius 3 is 2.52 bits per heavy atom. The summed E-state index contributed by atoms with van der Waals surface area (Å²) in [6.45, 7) is 6.08. The zero-order valence-corrected chi connectivity index (χ0v) is 12.7. The van der Waals surface area contributed by atoms with E-state index in [1.54, 1.807) is 0 Å². The average molecular weight is 292 g/mol. The number of piperidine rings is 1. The van der Waals surface area contributed by atoms with Crippen LogP contribution < -0.4 is 15.2 Å². The van der Waals surface area contributed by atoms with Crippen molar-refractivity contribution in [1.29, 1.82) is 0 Å². The molecule has 0 aromatic heterocycles. The van der Waals surface area contributed by atoms with Gasteiger partial charge in [-0.15, -0.1) is 0 Å². The van der Waals surface area contributed by atoms with Gasteiger partial charge in [0.25, 0.3) is 0 Å². The fourth-order valence-corrected chi connectivity index (χ4v) is 2.56. The van der Waals surface area contributed by atoms with Gasteiger partial charge in [-0.1, -0.05) is 12.1 Å². The van der Waals surface area contributed by atoms with Crippen molar-refractivity contribution in [3.63, 3.8) is 0 Å². The van der Waals surface area contributed by atoms with Crippen LogP contribution in [-0.2, 0) is 4.79 Å². The smallest absolute Gasteiger partial charge is 0.234 e. The van der Waals surface area contributed by atoms with Gasteiger partial charge >= 0.3 is 0 Å². The lowest BCUT2D eigenvalue weighted by Gasteiger charge is -2.34. The van der Waals surface area contributed by atoms with E-state index in [-0.39, 0.29) is 18.1 Å². The molecule has 5 heteroatoms. The third-order valence-corrected chi connectivity index (χ3v) is 3.88. The minimum atomic E-state index is -0.268. The maximum atomic E-state index is 11.2. The number of rotatable bonds is 6. The van der Waals surface area contributed by atoms with E-state index in [4.69, 9.17) is 15.2 Å². The second-order valence-electron chi connectivity index (χ2n) is 5.31. The summed E-state index contributed by atoms with van der Waals surface area (Å²) in [6, 6.07) is 7.53. The lowest BCUT2D eigenvalue weighted by Crippen LogP contribution is -2.48. The van der Waals surface area contributed by atoms with Crippen molar-refractivity contribution in [2.24, 2.45) is 5.73 Å². The molecule has 0 radical (unpaired) electrons. The summed E-state index contributed by atoms with van der Waals surface area (Å²) in [4.78, 5) is 13.3. The number of para-hydroxylation sites is 2. The Kier molecular flexibility index (Phi) is 5.44. The summed E-state index contributed by atoms with van der Waals surface area (Å²) >= 11 is 0. The number of ether oxygens (including phenoxy) is 2. The van der Waals surface area contributed by atoms with Crippen LogP contribution in [-0.4, -0.2) is 42.6 Å². The van der Waals surface area contributed by atoms with Gasteiger partial charge < -0.3 is 15.2 Å². The number of hydrogen-bond donors (Lipinski definition) is 1. The van der Waals surface area contributed by atoms with Crippen LogP contribution in [0.1, 0.15) is 26.7 Å². The predicted octanol–water partition coefficient (Wildman–Crippen LogP) is 1.80. The minimum Gasteiger partial charge on any atom is -0.490 e. The lowest BCUT2D eigenvalue weighted by atomic mass is 10.1. The molecule has 116 valence electrons. The molecule has 1 atom stereocenters. The summed E-state index contributed by atoms with van der Waals surface area (Å²) in [7, 11) is 0. The molecule has 1 amide bonds. The molecule has 1 aliphatic rings. The minimum absolute atomic E-state index is 0.155. The molecule has 0 aliphatic carbocycles. The van der Waals surface area contributed by atoms with Crippen LogP contribution in [0.15, 0.2) is 24.3 Å². The Morgan fingerprint density at radius 1 is 1.33 bits per heavy atom. The highest BCUT2D eigenvalue weighted by Crippen LogP contribution is 2.29. The third kappa shape index (κ3) is 4.11. The molecule has 21 heavy (non-hydrogen) atoms. The molecule has 0 saturated carbocycles. The highest BCUT2D eigenvalue weighted by molar-refractivity contribution is 5.79. The monoisotopic (exact) mass is 292 g/mol. The van der Waals surface area contributed by atoms with Crippen LogP contribution >= 0.6 is 0 Å². The Bertz CT molecular complexity index is 470. The third-order valence-electron chi connectivity index (χ3n) is 3.88. The zero-order valence-electron chi connectivity index (χ0n) is 12.7. The van der Waals surface area contributed by atoms with E-state index < -0.39 is 0 Å². The van der Waals surface area contributed by atoms with Crippen molar-refractivity contribution >= 4 is 5.91 Å². The molecular formula is C16H24N2O3. The van der Waals surface area contributed by atoms with Gasteiger partial charge in [0.1, 0.15) is 6.10 Å². The van der Waals surface area contributed by atoms with Crippen LogP contribution in [0.4, 0.5) is 0 Å². The largest absolute Gasteiger partial charge is 0.490 e. The van der Waals surface area contributed by atoms with Crippen molar-refractivity contribution in [2.75, 3.05) is 19.7 Å². The van der Waals surface area contributed by atoms with Gasteiger partial charge in [-0.2, -0.15) is 0 Å². The fourth-order valence-electron chi connectivity index (χ4n) is 2.56. The summed E-state index contributed by atoms with van der Waals surface area (Å²) < 4.78 is 11.6. The van der Waals surface area contributed by atoms with Crippen LogP contribution in [0.5, 0.6) is 11.5 Å². The molecule has 0 bridgehead atoms. The second kappa shape index (κ2) is 7.31. The number of primary amides is 1. The number of carbonyl (C=O) groups is 1. The number of amides is 1. The number of benzene rings is 1. The van der Waals surface area contributed by atoms with Crippen LogP contribution in [0.25, 0.3) is 0 Å². The highest BCUT2D eigenvalue weighted by atomic mass is 16.5. The number of nitrogens with two attached hydrogens (primary N) is 1. The number of nitrogens with zero attached hydrogens (tertiary/aromatic N) is 1. The normalized spacial score (nSPS) is 18.2. The SMILES string of the molecule is CCOc1ccccc1OC1CCN([C@@H](C)C(N)=O)CC1. The number of carbonyl (C=O) groups excluding carboxylic acids is 1. The van der Waals surface area contributed by atoms with Crippen molar-refractivity contribution in [3.05, 3.63) is 24.3 Å². The van der Waals surface area contributed by atoms with Crippen molar-refractivity contribution in [2.45, 2.75) is 38.8 Å². The Labute approximate surface area is 126 Å². The van der Waals surface area contributed by atoms with E-state index in [1.165, 1.54) is 0 Å². The maximum Gasteiger partial charge on any atom is 0.234 e. The van der Waals surface area contributed by atoms with Gasteiger partial charge in [0.2, 0.25) is 5.91 Å². The zero-order chi connectivity index (χ0) is 15.2. The summed E-state index contributed by atoms with van der Waals surface area (Å²) in [5, 5.41) is 0.